The minimum atomic E-state index is -0.370. The highest BCUT2D eigenvalue weighted by Crippen LogP contribution is 2.06. The van der Waals surface area contributed by atoms with Gasteiger partial charge in [0.15, 0.2) is 0 Å². The van der Waals surface area contributed by atoms with Gasteiger partial charge in [-0.2, -0.15) is 0 Å². The van der Waals surface area contributed by atoms with Gasteiger partial charge in [-0.1, -0.05) is 30.3 Å². The number of benzene rings is 1. The number of rotatable bonds is 5. The van der Waals surface area contributed by atoms with E-state index in [1.165, 1.54) is 5.56 Å². The van der Waals surface area contributed by atoms with Crippen LogP contribution in [0.4, 0.5) is 0 Å². The molecule has 0 spiro atoms. The standard InChI is InChI=1S/C11H13N3O/c12-14-13-11(15)9-5-4-8-10-6-2-1-3-7-10/h1-3,6-7H,4-5,8-9H2. The third kappa shape index (κ3) is 4.84. The van der Waals surface area contributed by atoms with Crippen molar-refractivity contribution in [2.45, 2.75) is 25.7 Å². The smallest absolute Gasteiger partial charge is 0.218 e. The van der Waals surface area contributed by atoms with Crippen LogP contribution < -0.4 is 0 Å². The van der Waals surface area contributed by atoms with Crippen molar-refractivity contribution in [1.82, 2.24) is 0 Å². The molecule has 0 N–H and O–H groups in total. The molecule has 0 saturated heterocycles. The zero-order chi connectivity index (χ0) is 10.9. The van der Waals surface area contributed by atoms with Crippen LogP contribution >= 0.6 is 0 Å². The van der Waals surface area contributed by atoms with E-state index in [1.54, 1.807) is 0 Å². The second-order valence-electron chi connectivity index (χ2n) is 3.28. The predicted octanol–water partition coefficient (Wildman–Crippen LogP) is 3.24. The molecule has 1 rings (SSSR count). The Hall–Kier alpha value is -1.80. The number of hydrogen-bond donors (Lipinski definition) is 0. The largest absolute Gasteiger partial charge is 0.293 e. The Morgan fingerprint density at radius 1 is 1.27 bits per heavy atom. The van der Waals surface area contributed by atoms with Crippen LogP contribution in [0.3, 0.4) is 0 Å². The number of carbonyl (C=O) groups excluding carboxylic acids is 1. The minimum Gasteiger partial charge on any atom is -0.293 e. The number of azide groups is 1. The van der Waals surface area contributed by atoms with Gasteiger partial charge in [0.05, 0.1) is 0 Å². The Morgan fingerprint density at radius 2 is 2.00 bits per heavy atom. The normalized spacial score (nSPS) is 9.33. The molecule has 0 aliphatic rings. The van der Waals surface area contributed by atoms with Crippen LogP contribution in [0.15, 0.2) is 35.4 Å². The molecule has 0 radical (unpaired) electrons. The van der Waals surface area contributed by atoms with Crippen molar-refractivity contribution in [2.24, 2.45) is 5.11 Å². The number of carbonyl (C=O) groups is 1. The quantitative estimate of drug-likeness (QED) is 0.313. The summed E-state index contributed by atoms with van der Waals surface area (Å²) < 4.78 is 0. The molecular weight excluding hydrogens is 190 g/mol. The Kier molecular flexibility index (Phi) is 4.98. The topological polar surface area (TPSA) is 65.8 Å². The summed E-state index contributed by atoms with van der Waals surface area (Å²) >= 11 is 0. The van der Waals surface area contributed by atoms with Crippen LogP contribution in [0, 0.1) is 0 Å². The van der Waals surface area contributed by atoms with Crippen molar-refractivity contribution in [3.8, 4) is 0 Å². The molecule has 0 aliphatic carbocycles. The van der Waals surface area contributed by atoms with Gasteiger partial charge in [0.1, 0.15) is 0 Å². The molecule has 0 atom stereocenters. The maximum atomic E-state index is 10.8. The summed E-state index contributed by atoms with van der Waals surface area (Å²) in [5, 5.41) is 3.01. The number of unbranched alkanes of at least 4 members (excludes halogenated alkanes) is 1. The summed E-state index contributed by atoms with van der Waals surface area (Å²) in [6.07, 6.45) is 3.02. The Bertz CT molecular complexity index is 355. The van der Waals surface area contributed by atoms with Gasteiger partial charge in [0.2, 0.25) is 5.91 Å². The molecule has 0 heterocycles. The van der Waals surface area contributed by atoms with Crippen LogP contribution in [0.25, 0.3) is 10.4 Å². The monoisotopic (exact) mass is 203 g/mol. The van der Waals surface area contributed by atoms with Crippen LogP contribution in [0.1, 0.15) is 24.8 Å². The molecule has 1 aromatic carbocycles. The van der Waals surface area contributed by atoms with E-state index in [9.17, 15) is 4.79 Å². The third-order valence-corrected chi connectivity index (χ3v) is 2.11. The lowest BCUT2D eigenvalue weighted by Crippen LogP contribution is -1.92. The second-order valence-corrected chi connectivity index (χ2v) is 3.28. The van der Waals surface area contributed by atoms with Gasteiger partial charge in [-0.15, -0.1) is 0 Å². The molecule has 0 fully saturated rings. The van der Waals surface area contributed by atoms with Crippen LogP contribution in [0.2, 0.25) is 0 Å². The van der Waals surface area contributed by atoms with E-state index in [1.807, 2.05) is 18.2 Å². The van der Waals surface area contributed by atoms with Crippen molar-refractivity contribution < 1.29 is 4.79 Å². The van der Waals surface area contributed by atoms with Crippen molar-refractivity contribution in [3.63, 3.8) is 0 Å². The van der Waals surface area contributed by atoms with Gasteiger partial charge in [-0.3, -0.25) is 4.79 Å². The highest BCUT2D eigenvalue weighted by molar-refractivity contribution is 5.76. The van der Waals surface area contributed by atoms with E-state index in [0.717, 1.165) is 19.3 Å². The van der Waals surface area contributed by atoms with E-state index in [-0.39, 0.29) is 5.91 Å². The maximum absolute atomic E-state index is 10.8. The van der Waals surface area contributed by atoms with Gasteiger partial charge >= 0.3 is 0 Å². The molecular formula is C11H13N3O. The highest BCUT2D eigenvalue weighted by Gasteiger charge is 1.98. The Balaban J connectivity index is 2.17. The van der Waals surface area contributed by atoms with E-state index < -0.39 is 0 Å². The van der Waals surface area contributed by atoms with E-state index in [2.05, 4.69) is 22.2 Å². The molecule has 0 unspecified atom stereocenters. The second kappa shape index (κ2) is 6.62. The summed E-state index contributed by atoms with van der Waals surface area (Å²) in [6, 6.07) is 10.1. The number of amides is 1. The average Bonchev–Trinajstić information content (AvgIpc) is 2.26. The first-order valence-electron chi connectivity index (χ1n) is 4.95. The molecule has 4 heteroatoms. The molecule has 4 nitrogen and oxygen atoms in total. The van der Waals surface area contributed by atoms with Gasteiger partial charge in [-0.05, 0) is 35.5 Å². The van der Waals surface area contributed by atoms with E-state index in [4.69, 9.17) is 5.53 Å². The molecule has 0 aliphatic heterocycles. The van der Waals surface area contributed by atoms with Gasteiger partial charge < -0.3 is 0 Å². The molecule has 0 bridgehead atoms. The zero-order valence-electron chi connectivity index (χ0n) is 8.47. The highest BCUT2D eigenvalue weighted by atomic mass is 16.1. The Labute approximate surface area is 88.6 Å². The number of aryl methyl sites for hydroxylation is 1. The predicted molar refractivity (Wildman–Crippen MR) is 58.2 cm³/mol. The molecule has 0 saturated carbocycles. The molecule has 15 heavy (non-hydrogen) atoms. The fourth-order valence-electron chi connectivity index (χ4n) is 1.35. The number of hydrogen-bond acceptors (Lipinski definition) is 1. The van der Waals surface area contributed by atoms with Crippen LogP contribution in [0.5, 0.6) is 0 Å². The maximum Gasteiger partial charge on any atom is 0.218 e. The summed E-state index contributed by atoms with van der Waals surface area (Å²) in [6.45, 7) is 0. The Morgan fingerprint density at radius 3 is 2.67 bits per heavy atom. The van der Waals surface area contributed by atoms with Gasteiger partial charge in [0, 0.05) is 11.3 Å². The number of nitrogens with zero attached hydrogens (tertiary/aromatic N) is 3. The molecule has 1 amide bonds. The van der Waals surface area contributed by atoms with Crippen LogP contribution in [-0.4, -0.2) is 5.91 Å². The van der Waals surface area contributed by atoms with E-state index >= 15 is 0 Å². The molecule has 0 aromatic heterocycles. The van der Waals surface area contributed by atoms with Crippen molar-refractivity contribution in [2.75, 3.05) is 0 Å². The van der Waals surface area contributed by atoms with Crippen molar-refractivity contribution in [3.05, 3.63) is 46.3 Å². The fraction of sp³-hybridized carbons (Fsp3) is 0.364. The van der Waals surface area contributed by atoms with Crippen molar-refractivity contribution in [1.29, 1.82) is 0 Å². The average molecular weight is 203 g/mol. The first-order valence-corrected chi connectivity index (χ1v) is 4.95. The van der Waals surface area contributed by atoms with E-state index in [0.29, 0.717) is 6.42 Å². The van der Waals surface area contributed by atoms with Crippen molar-refractivity contribution >= 4 is 5.91 Å². The lowest BCUT2D eigenvalue weighted by atomic mass is 10.1. The van der Waals surface area contributed by atoms with Crippen LogP contribution in [-0.2, 0) is 11.2 Å². The SMILES string of the molecule is [N-]=[N+]=NC(=O)CCCCc1ccccc1. The van der Waals surface area contributed by atoms with Gasteiger partial charge in [0.25, 0.3) is 0 Å². The lowest BCUT2D eigenvalue weighted by molar-refractivity contribution is -0.118. The zero-order valence-corrected chi connectivity index (χ0v) is 8.47. The first-order chi connectivity index (χ1) is 7.33. The summed E-state index contributed by atoms with van der Waals surface area (Å²) in [5.74, 6) is -0.370. The minimum absolute atomic E-state index is 0.344. The summed E-state index contributed by atoms with van der Waals surface area (Å²) in [7, 11) is 0. The third-order valence-electron chi connectivity index (χ3n) is 2.11. The summed E-state index contributed by atoms with van der Waals surface area (Å²) in [4.78, 5) is 13.3. The lowest BCUT2D eigenvalue weighted by Gasteiger charge is -1.99. The molecule has 78 valence electrons. The van der Waals surface area contributed by atoms with Gasteiger partial charge in [-0.25, -0.2) is 0 Å². The summed E-state index contributed by atoms with van der Waals surface area (Å²) in [5.41, 5.74) is 9.28. The molecule has 1 aromatic rings. The first kappa shape index (κ1) is 11.3. The fourth-order valence-corrected chi connectivity index (χ4v) is 1.35.